The summed E-state index contributed by atoms with van der Waals surface area (Å²) >= 11 is 0. The molecule has 3 heterocycles. The lowest BCUT2D eigenvalue weighted by atomic mass is 9.97. The number of aryl methyl sites for hydroxylation is 2. The van der Waals surface area contributed by atoms with Crippen LogP contribution in [-0.4, -0.2) is 27.4 Å². The fourth-order valence-electron chi connectivity index (χ4n) is 3.35. The van der Waals surface area contributed by atoms with Crippen molar-refractivity contribution in [2.75, 3.05) is 6.54 Å². The van der Waals surface area contributed by atoms with Crippen molar-refractivity contribution in [2.24, 2.45) is 0 Å². The van der Waals surface area contributed by atoms with Crippen molar-refractivity contribution in [3.8, 4) is 22.6 Å². The van der Waals surface area contributed by atoms with Crippen molar-refractivity contribution in [2.45, 2.75) is 26.2 Å². The molecule has 1 N–H and O–H groups in total. The summed E-state index contributed by atoms with van der Waals surface area (Å²) in [6, 6.07) is 14.1. The van der Waals surface area contributed by atoms with E-state index in [1.165, 1.54) is 5.56 Å². The van der Waals surface area contributed by atoms with Gasteiger partial charge in [0.05, 0.1) is 5.69 Å². The van der Waals surface area contributed by atoms with Gasteiger partial charge in [0, 0.05) is 47.6 Å². The van der Waals surface area contributed by atoms with Crippen LogP contribution in [0.5, 0.6) is 0 Å². The maximum absolute atomic E-state index is 11.4. The number of aromatic nitrogens is 3. The number of hydrogen-bond donors (Lipinski definition) is 1. The zero-order valence-electron chi connectivity index (χ0n) is 14.9. The van der Waals surface area contributed by atoms with Crippen LogP contribution < -0.4 is 5.32 Å². The maximum atomic E-state index is 11.4. The van der Waals surface area contributed by atoms with Crippen LogP contribution in [0.1, 0.15) is 29.3 Å². The van der Waals surface area contributed by atoms with E-state index in [0.29, 0.717) is 18.8 Å². The lowest BCUT2D eigenvalue weighted by Gasteiger charge is -2.10. The van der Waals surface area contributed by atoms with Crippen LogP contribution in [0.15, 0.2) is 48.7 Å². The summed E-state index contributed by atoms with van der Waals surface area (Å²) in [5, 5.41) is 2.88. The van der Waals surface area contributed by atoms with E-state index in [1.54, 1.807) is 6.20 Å². The van der Waals surface area contributed by atoms with Gasteiger partial charge in [-0.3, -0.25) is 9.78 Å². The number of nitrogens with one attached hydrogen (secondary N) is 1. The first-order chi connectivity index (χ1) is 12.6. The predicted molar refractivity (Wildman–Crippen MR) is 101 cm³/mol. The number of carbonyl (C=O) groups is 1. The Morgan fingerprint density at radius 1 is 1.00 bits per heavy atom. The van der Waals surface area contributed by atoms with Gasteiger partial charge in [-0.05, 0) is 37.6 Å². The highest BCUT2D eigenvalue weighted by Gasteiger charge is 2.22. The second kappa shape index (κ2) is 6.67. The molecular weight excluding hydrogens is 324 g/mol. The number of rotatable bonds is 3. The fraction of sp³-hybridized carbons (Fsp3) is 0.238. The zero-order chi connectivity index (χ0) is 18.1. The van der Waals surface area contributed by atoms with Gasteiger partial charge in [-0.1, -0.05) is 24.3 Å². The largest absolute Gasteiger partial charge is 0.355 e. The first-order valence-corrected chi connectivity index (χ1v) is 8.75. The topological polar surface area (TPSA) is 67.8 Å². The van der Waals surface area contributed by atoms with Gasteiger partial charge in [0.2, 0.25) is 5.91 Å². The average molecular weight is 344 g/mol. The zero-order valence-corrected chi connectivity index (χ0v) is 14.9. The summed E-state index contributed by atoms with van der Waals surface area (Å²) in [6.07, 6.45) is 2.34. The molecule has 130 valence electrons. The summed E-state index contributed by atoms with van der Waals surface area (Å²) in [7, 11) is 0. The molecule has 0 radical (unpaired) electrons. The molecule has 0 bridgehead atoms. The second-order valence-electron chi connectivity index (χ2n) is 6.68. The smallest absolute Gasteiger partial charge is 0.220 e. The Morgan fingerprint density at radius 2 is 1.81 bits per heavy atom. The van der Waals surface area contributed by atoms with Crippen LogP contribution in [0, 0.1) is 13.8 Å². The molecule has 5 heteroatoms. The minimum absolute atomic E-state index is 0.122. The molecule has 1 aromatic carbocycles. The lowest BCUT2D eigenvalue weighted by Crippen LogP contribution is -2.13. The standard InChI is InChI=1S/C21H20N4O/c1-13-3-8-18(14(2)24-13)19-9-10-22-21(25-19)16-6-4-15(5-7-16)17-11-20(26)23-12-17/h3-10,17H,11-12H2,1-2H3,(H,23,26). The lowest BCUT2D eigenvalue weighted by molar-refractivity contribution is -0.119. The van der Waals surface area contributed by atoms with Gasteiger partial charge < -0.3 is 5.32 Å². The SMILES string of the molecule is Cc1ccc(-c2ccnc(-c3ccc(C4CNC(=O)C4)cc3)n2)c(C)n1. The van der Waals surface area contributed by atoms with Crippen molar-refractivity contribution in [1.29, 1.82) is 0 Å². The molecule has 26 heavy (non-hydrogen) atoms. The average Bonchev–Trinajstić information content (AvgIpc) is 3.08. The Kier molecular flexibility index (Phi) is 4.21. The van der Waals surface area contributed by atoms with Gasteiger partial charge >= 0.3 is 0 Å². The predicted octanol–water partition coefficient (Wildman–Crippen LogP) is 3.43. The highest BCUT2D eigenvalue weighted by Crippen LogP contribution is 2.27. The second-order valence-corrected chi connectivity index (χ2v) is 6.68. The van der Waals surface area contributed by atoms with E-state index in [4.69, 9.17) is 4.98 Å². The molecule has 1 fully saturated rings. The van der Waals surface area contributed by atoms with E-state index in [0.717, 1.165) is 28.2 Å². The van der Waals surface area contributed by atoms with Crippen molar-refractivity contribution in [3.63, 3.8) is 0 Å². The van der Waals surface area contributed by atoms with E-state index in [-0.39, 0.29) is 11.8 Å². The summed E-state index contributed by atoms with van der Waals surface area (Å²) in [5.41, 5.74) is 5.98. The van der Waals surface area contributed by atoms with E-state index in [9.17, 15) is 4.79 Å². The van der Waals surface area contributed by atoms with E-state index in [2.05, 4.69) is 33.5 Å². The van der Waals surface area contributed by atoms with Crippen LogP contribution in [0.3, 0.4) is 0 Å². The molecule has 1 saturated heterocycles. The summed E-state index contributed by atoms with van der Waals surface area (Å²) < 4.78 is 0. The van der Waals surface area contributed by atoms with Crippen molar-refractivity contribution < 1.29 is 4.79 Å². The Hall–Kier alpha value is -3.08. The number of nitrogens with zero attached hydrogens (tertiary/aromatic N) is 3. The van der Waals surface area contributed by atoms with Gasteiger partial charge in [0.1, 0.15) is 0 Å². The van der Waals surface area contributed by atoms with Crippen LogP contribution >= 0.6 is 0 Å². The third-order valence-corrected chi connectivity index (χ3v) is 4.77. The summed E-state index contributed by atoms with van der Waals surface area (Å²) in [5.74, 6) is 1.07. The molecule has 1 unspecified atom stereocenters. The van der Waals surface area contributed by atoms with Crippen LogP contribution in [-0.2, 0) is 4.79 Å². The van der Waals surface area contributed by atoms with Gasteiger partial charge in [-0.15, -0.1) is 0 Å². The summed E-state index contributed by atoms with van der Waals surface area (Å²) in [4.78, 5) is 25.1. The molecule has 1 atom stereocenters. The minimum Gasteiger partial charge on any atom is -0.355 e. The third kappa shape index (κ3) is 3.20. The Morgan fingerprint density at radius 3 is 2.50 bits per heavy atom. The number of hydrogen-bond acceptors (Lipinski definition) is 4. The fourth-order valence-corrected chi connectivity index (χ4v) is 3.35. The monoisotopic (exact) mass is 344 g/mol. The third-order valence-electron chi connectivity index (χ3n) is 4.77. The number of amides is 1. The highest BCUT2D eigenvalue weighted by molar-refractivity contribution is 5.79. The molecule has 0 aliphatic carbocycles. The molecule has 1 aliphatic heterocycles. The van der Waals surface area contributed by atoms with Gasteiger partial charge in [0.25, 0.3) is 0 Å². The first-order valence-electron chi connectivity index (χ1n) is 8.75. The van der Waals surface area contributed by atoms with Crippen LogP contribution in [0.25, 0.3) is 22.6 Å². The van der Waals surface area contributed by atoms with Crippen molar-refractivity contribution in [3.05, 3.63) is 65.6 Å². The van der Waals surface area contributed by atoms with Crippen molar-refractivity contribution >= 4 is 5.91 Å². The highest BCUT2D eigenvalue weighted by atomic mass is 16.1. The molecule has 0 saturated carbocycles. The Bertz CT molecular complexity index is 966. The summed E-state index contributed by atoms with van der Waals surface area (Å²) in [6.45, 7) is 4.69. The normalized spacial score (nSPS) is 16.5. The number of benzene rings is 1. The molecule has 2 aromatic heterocycles. The molecule has 1 aliphatic rings. The van der Waals surface area contributed by atoms with Crippen LogP contribution in [0.2, 0.25) is 0 Å². The number of carbonyl (C=O) groups excluding carboxylic acids is 1. The molecular formula is C21H20N4O. The molecule has 0 spiro atoms. The van der Waals surface area contributed by atoms with E-state index in [1.807, 2.05) is 38.1 Å². The quantitative estimate of drug-likeness (QED) is 0.790. The molecule has 5 nitrogen and oxygen atoms in total. The number of pyridine rings is 1. The van der Waals surface area contributed by atoms with Crippen LogP contribution in [0.4, 0.5) is 0 Å². The van der Waals surface area contributed by atoms with E-state index < -0.39 is 0 Å². The molecule has 3 aromatic rings. The Balaban J connectivity index is 1.63. The maximum Gasteiger partial charge on any atom is 0.220 e. The molecule has 4 rings (SSSR count). The van der Waals surface area contributed by atoms with Gasteiger partial charge in [-0.25, -0.2) is 9.97 Å². The Labute approximate surface area is 152 Å². The van der Waals surface area contributed by atoms with Gasteiger partial charge in [-0.2, -0.15) is 0 Å². The van der Waals surface area contributed by atoms with Gasteiger partial charge in [0.15, 0.2) is 5.82 Å². The molecule has 1 amide bonds. The first kappa shape index (κ1) is 16.4. The van der Waals surface area contributed by atoms with E-state index >= 15 is 0 Å². The minimum atomic E-state index is 0.122. The van der Waals surface area contributed by atoms with Crippen molar-refractivity contribution in [1.82, 2.24) is 20.3 Å².